The summed E-state index contributed by atoms with van der Waals surface area (Å²) in [4.78, 5) is 12.4. The average molecular weight is 432 g/mol. The minimum Gasteiger partial charge on any atom is -0.375 e. The molecular weight excluding hydrogens is 416 g/mol. The van der Waals surface area contributed by atoms with Gasteiger partial charge in [-0.05, 0) is 43.3 Å². The molecule has 3 aromatic rings. The molecule has 0 heterocycles. The Morgan fingerprint density at radius 2 is 1.00 bits per heavy atom. The van der Waals surface area contributed by atoms with E-state index in [0.29, 0.717) is 0 Å². The van der Waals surface area contributed by atoms with Crippen molar-refractivity contribution in [3.8, 4) is 11.5 Å². The number of rotatable bonds is 6. The predicted octanol–water partition coefficient (Wildman–Crippen LogP) is 2.89. The Kier molecular flexibility index (Phi) is 5.71. The topological polar surface area (TPSA) is 104 Å². The lowest BCUT2D eigenvalue weighted by molar-refractivity contribution is 0.473. The molecule has 0 atom stereocenters. The van der Waals surface area contributed by atoms with Crippen molar-refractivity contribution < 1.29 is 25.2 Å². The number of hydrogen-bond acceptors (Lipinski definition) is 7. The Balaban J connectivity index is 1.98. The standard InChI is InChI=1S/C20H16O7S2/c1-15-11-13-17(14-12-15)29(24,25)27-19-10-6-5-9-18(20(19)21)26-28(22,23)16-7-3-2-4-8-16/h2-14H,1H3. The van der Waals surface area contributed by atoms with E-state index in [-0.39, 0.29) is 9.79 Å². The van der Waals surface area contributed by atoms with Crippen LogP contribution in [0.2, 0.25) is 0 Å². The summed E-state index contributed by atoms with van der Waals surface area (Å²) in [6, 6.07) is 18.0. The minimum atomic E-state index is -4.30. The van der Waals surface area contributed by atoms with Gasteiger partial charge in [0.2, 0.25) is 0 Å². The maximum atomic E-state index is 12.7. The third-order valence-corrected chi connectivity index (χ3v) is 6.29. The van der Waals surface area contributed by atoms with Crippen LogP contribution in [-0.4, -0.2) is 16.8 Å². The van der Waals surface area contributed by atoms with E-state index >= 15 is 0 Å². The molecule has 0 aliphatic heterocycles. The molecule has 0 aliphatic carbocycles. The Bertz CT molecular complexity index is 1280. The maximum absolute atomic E-state index is 12.7. The lowest BCUT2D eigenvalue weighted by Gasteiger charge is -2.07. The van der Waals surface area contributed by atoms with Crippen molar-refractivity contribution in [2.45, 2.75) is 16.7 Å². The molecule has 0 amide bonds. The van der Waals surface area contributed by atoms with Gasteiger partial charge in [-0.3, -0.25) is 4.79 Å². The molecule has 29 heavy (non-hydrogen) atoms. The molecule has 0 bridgehead atoms. The summed E-state index contributed by atoms with van der Waals surface area (Å²) in [5.41, 5.74) is -0.174. The van der Waals surface area contributed by atoms with E-state index in [1.165, 1.54) is 48.5 Å². The first-order valence-electron chi connectivity index (χ1n) is 8.33. The molecule has 0 aliphatic rings. The van der Waals surface area contributed by atoms with Gasteiger partial charge in [0, 0.05) is 0 Å². The molecule has 0 aromatic heterocycles. The molecule has 0 radical (unpaired) electrons. The minimum absolute atomic E-state index is 0.145. The van der Waals surface area contributed by atoms with Gasteiger partial charge in [-0.15, -0.1) is 0 Å². The molecule has 150 valence electrons. The molecule has 9 heteroatoms. The van der Waals surface area contributed by atoms with Crippen molar-refractivity contribution in [1.29, 1.82) is 0 Å². The second kappa shape index (κ2) is 8.06. The van der Waals surface area contributed by atoms with Gasteiger partial charge in [-0.25, -0.2) is 0 Å². The molecule has 0 saturated carbocycles. The second-order valence-corrected chi connectivity index (χ2v) is 9.07. The van der Waals surface area contributed by atoms with Crippen LogP contribution in [0.25, 0.3) is 0 Å². The van der Waals surface area contributed by atoms with Gasteiger partial charge in [0.25, 0.3) is 5.43 Å². The summed E-state index contributed by atoms with van der Waals surface area (Å²) in [6.07, 6.45) is 0. The van der Waals surface area contributed by atoms with Crippen LogP contribution < -0.4 is 13.8 Å². The fraction of sp³-hybridized carbons (Fsp3) is 0.0500. The van der Waals surface area contributed by atoms with E-state index in [4.69, 9.17) is 8.37 Å². The summed E-state index contributed by atoms with van der Waals surface area (Å²) in [7, 11) is -8.59. The molecule has 0 spiro atoms. The van der Waals surface area contributed by atoms with Gasteiger partial charge >= 0.3 is 20.2 Å². The Morgan fingerprint density at radius 3 is 1.48 bits per heavy atom. The second-order valence-electron chi connectivity index (χ2n) is 5.98. The lowest BCUT2D eigenvalue weighted by atomic mass is 10.2. The van der Waals surface area contributed by atoms with E-state index in [0.717, 1.165) is 17.7 Å². The normalized spacial score (nSPS) is 11.6. The highest BCUT2D eigenvalue weighted by Crippen LogP contribution is 2.20. The monoisotopic (exact) mass is 432 g/mol. The zero-order valence-electron chi connectivity index (χ0n) is 15.2. The van der Waals surface area contributed by atoms with Crippen LogP contribution in [0, 0.1) is 6.92 Å². The average Bonchev–Trinajstić information content (AvgIpc) is 2.84. The number of benzene rings is 2. The van der Waals surface area contributed by atoms with Crippen molar-refractivity contribution in [1.82, 2.24) is 0 Å². The van der Waals surface area contributed by atoms with E-state index in [1.807, 2.05) is 0 Å². The lowest BCUT2D eigenvalue weighted by Crippen LogP contribution is -2.18. The third-order valence-electron chi connectivity index (χ3n) is 3.79. The zero-order valence-corrected chi connectivity index (χ0v) is 16.8. The van der Waals surface area contributed by atoms with E-state index < -0.39 is 37.2 Å². The highest BCUT2D eigenvalue weighted by Gasteiger charge is 2.22. The largest absolute Gasteiger partial charge is 0.375 e. The van der Waals surface area contributed by atoms with Crippen LogP contribution in [-0.2, 0) is 20.2 Å². The van der Waals surface area contributed by atoms with Gasteiger partial charge < -0.3 is 8.37 Å². The summed E-state index contributed by atoms with van der Waals surface area (Å²) < 4.78 is 59.6. The fourth-order valence-electron chi connectivity index (χ4n) is 2.31. The highest BCUT2D eigenvalue weighted by molar-refractivity contribution is 7.87. The first kappa shape index (κ1) is 20.6. The predicted molar refractivity (Wildman–Crippen MR) is 106 cm³/mol. The highest BCUT2D eigenvalue weighted by atomic mass is 32.2. The Labute approximate surface area is 168 Å². The Hall–Kier alpha value is -3.17. The number of hydrogen-bond donors (Lipinski definition) is 0. The van der Waals surface area contributed by atoms with Gasteiger partial charge in [0.05, 0.1) is 0 Å². The van der Waals surface area contributed by atoms with Crippen molar-refractivity contribution >= 4 is 20.2 Å². The molecule has 7 nitrogen and oxygen atoms in total. The summed E-state index contributed by atoms with van der Waals surface area (Å²) in [5.74, 6) is -1.18. The molecule has 0 saturated heterocycles. The van der Waals surface area contributed by atoms with Crippen molar-refractivity contribution in [3.05, 3.63) is 94.6 Å². The van der Waals surface area contributed by atoms with E-state index in [2.05, 4.69) is 0 Å². The molecule has 0 unspecified atom stereocenters. The van der Waals surface area contributed by atoms with Crippen LogP contribution in [0.5, 0.6) is 11.5 Å². The summed E-state index contributed by atoms with van der Waals surface area (Å²) in [6.45, 7) is 1.79. The SMILES string of the molecule is Cc1ccc(S(=O)(=O)Oc2ccccc(OS(=O)(=O)c3ccccc3)c2=O)cc1. The molecule has 3 aromatic carbocycles. The maximum Gasteiger partial charge on any atom is 0.339 e. The van der Waals surface area contributed by atoms with Crippen LogP contribution in [0.1, 0.15) is 5.56 Å². The number of aryl methyl sites for hydroxylation is 1. The van der Waals surface area contributed by atoms with E-state index in [1.54, 1.807) is 25.1 Å². The summed E-state index contributed by atoms with van der Waals surface area (Å²) >= 11 is 0. The van der Waals surface area contributed by atoms with Crippen LogP contribution in [0.4, 0.5) is 0 Å². The fourth-order valence-corrected chi connectivity index (χ4v) is 4.20. The molecule has 0 fully saturated rings. The Morgan fingerprint density at radius 1 is 0.586 bits per heavy atom. The van der Waals surface area contributed by atoms with E-state index in [9.17, 15) is 21.6 Å². The van der Waals surface area contributed by atoms with Gasteiger partial charge in [0.15, 0.2) is 11.5 Å². The molecule has 0 N–H and O–H groups in total. The quantitative estimate of drug-likeness (QED) is 0.552. The smallest absolute Gasteiger partial charge is 0.339 e. The van der Waals surface area contributed by atoms with Crippen molar-refractivity contribution in [3.63, 3.8) is 0 Å². The zero-order chi connectivity index (χ0) is 21.1. The first-order valence-corrected chi connectivity index (χ1v) is 11.1. The first-order chi connectivity index (χ1) is 13.7. The van der Waals surface area contributed by atoms with Crippen molar-refractivity contribution in [2.75, 3.05) is 0 Å². The van der Waals surface area contributed by atoms with Gasteiger partial charge in [0.1, 0.15) is 9.79 Å². The van der Waals surface area contributed by atoms with Crippen LogP contribution in [0.3, 0.4) is 0 Å². The van der Waals surface area contributed by atoms with Crippen molar-refractivity contribution in [2.24, 2.45) is 0 Å². The summed E-state index contributed by atoms with van der Waals surface area (Å²) in [5, 5.41) is 0. The molecular formula is C20H16O7S2. The van der Waals surface area contributed by atoms with Crippen LogP contribution >= 0.6 is 0 Å². The molecule has 3 rings (SSSR count). The van der Waals surface area contributed by atoms with Gasteiger partial charge in [-0.1, -0.05) is 48.0 Å². The van der Waals surface area contributed by atoms with Gasteiger partial charge in [-0.2, -0.15) is 16.8 Å². The third kappa shape index (κ3) is 4.82. The van der Waals surface area contributed by atoms with Crippen LogP contribution in [0.15, 0.2) is 93.4 Å².